The number of likely N-dealkylation sites (N-methyl/N-ethyl adjacent to an activating group) is 1. The van der Waals surface area contributed by atoms with E-state index >= 15 is 0 Å². The highest BCUT2D eigenvalue weighted by molar-refractivity contribution is 5.77. The molecule has 4 heteroatoms. The molecule has 0 saturated carbocycles. The van der Waals surface area contributed by atoms with E-state index < -0.39 is 0 Å². The zero-order chi connectivity index (χ0) is 13.0. The summed E-state index contributed by atoms with van der Waals surface area (Å²) in [6.45, 7) is 1.47. The van der Waals surface area contributed by atoms with Gasteiger partial charge in [0.25, 0.3) is 0 Å². The molecule has 4 nitrogen and oxygen atoms in total. The average Bonchev–Trinajstić information content (AvgIpc) is 2.86. The Bertz CT molecular complexity index is 403. The molecule has 0 bridgehead atoms. The molecule has 18 heavy (non-hydrogen) atoms. The molecule has 1 amide bonds. The smallest absolute Gasteiger partial charge is 0.233 e. The first-order valence-corrected chi connectivity index (χ1v) is 6.33. The van der Waals surface area contributed by atoms with Crippen molar-refractivity contribution < 1.29 is 9.53 Å². The standard InChI is InChI=1S/C14H20N2O2/c1-15-14(17)10-16-9-3-4-13(16)11-5-7-12(18-2)8-6-11/h5-8,13H,3-4,9-10H2,1-2H3,(H,15,17). The van der Waals surface area contributed by atoms with Gasteiger partial charge in [-0.3, -0.25) is 9.69 Å². The number of amides is 1. The molecule has 1 saturated heterocycles. The lowest BCUT2D eigenvalue weighted by Gasteiger charge is -2.24. The van der Waals surface area contributed by atoms with Crippen molar-refractivity contribution in [1.29, 1.82) is 0 Å². The van der Waals surface area contributed by atoms with E-state index in [2.05, 4.69) is 22.3 Å². The number of carbonyl (C=O) groups is 1. The van der Waals surface area contributed by atoms with Crippen LogP contribution in [0, 0.1) is 0 Å². The van der Waals surface area contributed by atoms with Crippen LogP contribution in [0.1, 0.15) is 24.4 Å². The molecule has 1 atom stereocenters. The molecule has 1 aliphatic rings. The Kier molecular flexibility index (Phi) is 4.20. The molecule has 98 valence electrons. The number of rotatable bonds is 4. The van der Waals surface area contributed by atoms with Gasteiger partial charge in [-0.05, 0) is 37.1 Å². The van der Waals surface area contributed by atoms with Gasteiger partial charge in [0.05, 0.1) is 13.7 Å². The number of ether oxygens (including phenoxy) is 1. The fourth-order valence-corrected chi connectivity index (χ4v) is 2.48. The molecular formula is C14H20N2O2. The molecule has 1 N–H and O–H groups in total. The summed E-state index contributed by atoms with van der Waals surface area (Å²) in [7, 11) is 3.35. The number of carbonyl (C=O) groups excluding carboxylic acids is 1. The largest absolute Gasteiger partial charge is 0.497 e. The monoisotopic (exact) mass is 248 g/mol. The van der Waals surface area contributed by atoms with Crippen LogP contribution in [0.4, 0.5) is 0 Å². The van der Waals surface area contributed by atoms with Crippen molar-refractivity contribution in [3.8, 4) is 5.75 Å². The van der Waals surface area contributed by atoms with Crippen molar-refractivity contribution in [1.82, 2.24) is 10.2 Å². The Balaban J connectivity index is 2.07. The predicted octanol–water partition coefficient (Wildman–Crippen LogP) is 1.58. The van der Waals surface area contributed by atoms with Gasteiger partial charge >= 0.3 is 0 Å². The Morgan fingerprint density at radius 2 is 2.17 bits per heavy atom. The van der Waals surface area contributed by atoms with E-state index in [1.54, 1.807) is 14.2 Å². The first kappa shape index (κ1) is 12.9. The maximum Gasteiger partial charge on any atom is 0.233 e. The second-order valence-electron chi connectivity index (χ2n) is 4.57. The third-order valence-electron chi connectivity index (χ3n) is 3.49. The number of nitrogens with one attached hydrogen (secondary N) is 1. The van der Waals surface area contributed by atoms with Crippen LogP contribution in [0.2, 0.25) is 0 Å². The van der Waals surface area contributed by atoms with Gasteiger partial charge in [0.2, 0.25) is 5.91 Å². The van der Waals surface area contributed by atoms with Crippen molar-refractivity contribution in [3.63, 3.8) is 0 Å². The van der Waals surface area contributed by atoms with Crippen LogP contribution in [-0.4, -0.2) is 38.1 Å². The lowest BCUT2D eigenvalue weighted by Crippen LogP contribution is -2.35. The van der Waals surface area contributed by atoms with Crippen molar-refractivity contribution in [3.05, 3.63) is 29.8 Å². The van der Waals surface area contributed by atoms with Crippen LogP contribution >= 0.6 is 0 Å². The van der Waals surface area contributed by atoms with Gasteiger partial charge in [-0.15, -0.1) is 0 Å². The van der Waals surface area contributed by atoms with Crippen molar-refractivity contribution in [2.45, 2.75) is 18.9 Å². The SMILES string of the molecule is CNC(=O)CN1CCCC1c1ccc(OC)cc1. The molecule has 1 heterocycles. The van der Waals surface area contributed by atoms with E-state index in [0.29, 0.717) is 12.6 Å². The highest BCUT2D eigenvalue weighted by Crippen LogP contribution is 2.32. The average molecular weight is 248 g/mol. The van der Waals surface area contributed by atoms with Crippen molar-refractivity contribution >= 4 is 5.91 Å². The van der Waals surface area contributed by atoms with Gasteiger partial charge in [0, 0.05) is 13.1 Å². The molecule has 2 rings (SSSR count). The maximum atomic E-state index is 11.5. The summed E-state index contributed by atoms with van der Waals surface area (Å²) in [6, 6.07) is 8.49. The molecule has 1 aromatic rings. The minimum atomic E-state index is 0.0791. The molecule has 0 radical (unpaired) electrons. The lowest BCUT2D eigenvalue weighted by atomic mass is 10.0. The number of benzene rings is 1. The zero-order valence-corrected chi connectivity index (χ0v) is 11.0. The van der Waals surface area contributed by atoms with Crippen LogP contribution in [0.15, 0.2) is 24.3 Å². The fourth-order valence-electron chi connectivity index (χ4n) is 2.48. The normalized spacial score (nSPS) is 19.8. The number of hydrogen-bond acceptors (Lipinski definition) is 3. The van der Waals surface area contributed by atoms with E-state index in [1.807, 2.05) is 12.1 Å². The van der Waals surface area contributed by atoms with Gasteiger partial charge in [0.15, 0.2) is 0 Å². The lowest BCUT2D eigenvalue weighted by molar-refractivity contribution is -0.122. The second-order valence-corrected chi connectivity index (χ2v) is 4.57. The number of nitrogens with zero attached hydrogens (tertiary/aromatic N) is 1. The summed E-state index contributed by atoms with van der Waals surface area (Å²) in [5.41, 5.74) is 1.26. The van der Waals surface area contributed by atoms with E-state index in [-0.39, 0.29) is 5.91 Å². The van der Waals surface area contributed by atoms with Crippen molar-refractivity contribution in [2.24, 2.45) is 0 Å². The van der Waals surface area contributed by atoms with E-state index in [4.69, 9.17) is 4.74 Å². The Morgan fingerprint density at radius 3 is 2.78 bits per heavy atom. The van der Waals surface area contributed by atoms with E-state index in [1.165, 1.54) is 5.56 Å². The molecule has 0 spiro atoms. The van der Waals surface area contributed by atoms with Crippen molar-refractivity contribution in [2.75, 3.05) is 27.2 Å². The van der Waals surface area contributed by atoms with Gasteiger partial charge in [-0.1, -0.05) is 12.1 Å². The third kappa shape index (κ3) is 2.82. The second kappa shape index (κ2) is 5.87. The van der Waals surface area contributed by atoms with Crippen LogP contribution in [-0.2, 0) is 4.79 Å². The number of hydrogen-bond donors (Lipinski definition) is 1. The highest BCUT2D eigenvalue weighted by atomic mass is 16.5. The molecular weight excluding hydrogens is 228 g/mol. The highest BCUT2D eigenvalue weighted by Gasteiger charge is 2.27. The van der Waals surface area contributed by atoms with Crippen LogP contribution in [0.25, 0.3) is 0 Å². The third-order valence-corrected chi connectivity index (χ3v) is 3.49. The van der Waals surface area contributed by atoms with Crippen LogP contribution in [0.3, 0.4) is 0 Å². The van der Waals surface area contributed by atoms with Gasteiger partial charge < -0.3 is 10.1 Å². The summed E-state index contributed by atoms with van der Waals surface area (Å²) >= 11 is 0. The van der Waals surface area contributed by atoms with E-state index in [9.17, 15) is 4.79 Å². The molecule has 1 fully saturated rings. The summed E-state index contributed by atoms with van der Waals surface area (Å²) in [4.78, 5) is 13.7. The quantitative estimate of drug-likeness (QED) is 0.879. The minimum absolute atomic E-state index is 0.0791. The predicted molar refractivity (Wildman–Crippen MR) is 70.6 cm³/mol. The zero-order valence-electron chi connectivity index (χ0n) is 11.0. The van der Waals surface area contributed by atoms with Gasteiger partial charge in [-0.2, -0.15) is 0 Å². The molecule has 1 aromatic carbocycles. The van der Waals surface area contributed by atoms with Gasteiger partial charge in [0.1, 0.15) is 5.75 Å². The first-order chi connectivity index (χ1) is 8.74. The van der Waals surface area contributed by atoms with Crippen LogP contribution in [0.5, 0.6) is 5.75 Å². The Hall–Kier alpha value is -1.55. The first-order valence-electron chi connectivity index (χ1n) is 6.33. The molecule has 1 unspecified atom stereocenters. The molecule has 1 aliphatic heterocycles. The Morgan fingerprint density at radius 1 is 1.44 bits per heavy atom. The Labute approximate surface area is 108 Å². The molecule has 0 aromatic heterocycles. The topological polar surface area (TPSA) is 41.6 Å². The summed E-state index contributed by atoms with van der Waals surface area (Å²) < 4.78 is 5.16. The summed E-state index contributed by atoms with van der Waals surface area (Å²) in [5, 5.41) is 2.68. The number of methoxy groups -OCH3 is 1. The summed E-state index contributed by atoms with van der Waals surface area (Å²) in [5.74, 6) is 0.949. The molecule has 0 aliphatic carbocycles. The van der Waals surface area contributed by atoms with Crippen LogP contribution < -0.4 is 10.1 Å². The fraction of sp³-hybridized carbons (Fsp3) is 0.500. The van der Waals surface area contributed by atoms with E-state index in [0.717, 1.165) is 25.1 Å². The summed E-state index contributed by atoms with van der Waals surface area (Å²) in [6.07, 6.45) is 2.26. The maximum absolute atomic E-state index is 11.5. The van der Waals surface area contributed by atoms with Gasteiger partial charge in [-0.25, -0.2) is 0 Å². The number of likely N-dealkylation sites (tertiary alicyclic amines) is 1. The minimum Gasteiger partial charge on any atom is -0.497 e.